The van der Waals surface area contributed by atoms with Crippen LogP contribution in [0.5, 0.6) is 0 Å². The third-order valence-electron chi connectivity index (χ3n) is 3.48. The molecule has 2 amide bonds. The van der Waals surface area contributed by atoms with E-state index in [1.54, 1.807) is 24.0 Å². The van der Waals surface area contributed by atoms with Crippen LogP contribution >= 0.6 is 0 Å². The van der Waals surface area contributed by atoms with Crippen molar-refractivity contribution in [2.24, 2.45) is 13.0 Å². The Hall–Kier alpha value is -1.85. The summed E-state index contributed by atoms with van der Waals surface area (Å²) < 4.78 is 1.62. The van der Waals surface area contributed by atoms with Gasteiger partial charge in [0.25, 0.3) is 0 Å². The van der Waals surface area contributed by atoms with Crippen LogP contribution in [0.3, 0.4) is 0 Å². The number of rotatable bonds is 4. The smallest absolute Gasteiger partial charge is 0.248 e. The first-order chi connectivity index (χ1) is 9.06. The van der Waals surface area contributed by atoms with Gasteiger partial charge >= 0.3 is 0 Å². The van der Waals surface area contributed by atoms with Crippen molar-refractivity contribution in [1.29, 1.82) is 0 Å². The van der Waals surface area contributed by atoms with Gasteiger partial charge in [0.1, 0.15) is 6.04 Å². The Morgan fingerprint density at radius 1 is 1.42 bits per heavy atom. The molecule has 0 bridgehead atoms. The van der Waals surface area contributed by atoms with E-state index in [9.17, 15) is 9.59 Å². The summed E-state index contributed by atoms with van der Waals surface area (Å²) in [5, 5.41) is 9.63. The summed E-state index contributed by atoms with van der Waals surface area (Å²) >= 11 is 0. The number of hydrogen-bond donors (Lipinski definition) is 2. The second kappa shape index (κ2) is 5.86. The van der Waals surface area contributed by atoms with Crippen molar-refractivity contribution >= 4 is 17.6 Å². The largest absolute Gasteiger partial charge is 0.344 e. The molecule has 0 radical (unpaired) electrons. The van der Waals surface area contributed by atoms with E-state index in [2.05, 4.69) is 15.7 Å². The molecule has 6 nitrogen and oxygen atoms in total. The van der Waals surface area contributed by atoms with Gasteiger partial charge in [-0.15, -0.1) is 0 Å². The molecule has 0 aliphatic heterocycles. The molecular weight excluding hydrogens is 244 g/mol. The van der Waals surface area contributed by atoms with Gasteiger partial charge in [0.15, 0.2) is 5.82 Å². The van der Waals surface area contributed by atoms with E-state index < -0.39 is 6.04 Å². The quantitative estimate of drug-likeness (QED) is 0.853. The highest BCUT2D eigenvalue weighted by atomic mass is 16.2. The Morgan fingerprint density at radius 2 is 2.11 bits per heavy atom. The van der Waals surface area contributed by atoms with Crippen LogP contribution in [0.15, 0.2) is 12.3 Å². The number of nitrogens with one attached hydrogen (secondary N) is 2. The average molecular weight is 264 g/mol. The van der Waals surface area contributed by atoms with Gasteiger partial charge in [-0.05, 0) is 18.8 Å². The molecule has 1 aliphatic rings. The van der Waals surface area contributed by atoms with Gasteiger partial charge in [0.2, 0.25) is 11.8 Å². The molecule has 0 spiro atoms. The summed E-state index contributed by atoms with van der Waals surface area (Å²) in [5.74, 6) is 0.391. The molecule has 1 aromatic heterocycles. The molecular formula is C13H20N4O2. The highest BCUT2D eigenvalue weighted by Crippen LogP contribution is 2.28. The molecule has 1 saturated carbocycles. The number of nitrogens with zero attached hydrogens (tertiary/aromatic N) is 2. The molecule has 1 atom stereocenters. The minimum Gasteiger partial charge on any atom is -0.344 e. The van der Waals surface area contributed by atoms with Crippen LogP contribution in [0, 0.1) is 5.92 Å². The Kier molecular flexibility index (Phi) is 4.19. The minimum atomic E-state index is -0.456. The third kappa shape index (κ3) is 3.56. The van der Waals surface area contributed by atoms with Crippen molar-refractivity contribution < 1.29 is 9.59 Å². The van der Waals surface area contributed by atoms with Crippen LogP contribution in [0.1, 0.15) is 32.6 Å². The zero-order valence-corrected chi connectivity index (χ0v) is 11.3. The van der Waals surface area contributed by atoms with Gasteiger partial charge in [-0.25, -0.2) is 0 Å². The molecule has 0 aromatic carbocycles. The Balaban J connectivity index is 2.04. The number of hydrogen-bond acceptors (Lipinski definition) is 3. The standard InChI is InChI=1S/C13H20N4O2/c1-9(18)14-12(10-5-3-4-6-10)13(19)15-11-7-8-17(2)16-11/h7-8,10,12H,3-6H2,1-2H3,(H,14,18)(H,15,16,19). The second-order valence-electron chi connectivity index (χ2n) is 5.09. The molecule has 1 unspecified atom stereocenters. The van der Waals surface area contributed by atoms with Gasteiger partial charge < -0.3 is 10.6 Å². The van der Waals surface area contributed by atoms with E-state index in [4.69, 9.17) is 0 Å². The molecule has 2 N–H and O–H groups in total. The normalized spacial score (nSPS) is 17.2. The lowest BCUT2D eigenvalue weighted by Gasteiger charge is -2.22. The summed E-state index contributed by atoms with van der Waals surface area (Å²) in [4.78, 5) is 23.5. The maximum Gasteiger partial charge on any atom is 0.248 e. The number of anilines is 1. The van der Waals surface area contributed by atoms with Crippen LogP contribution < -0.4 is 10.6 Å². The molecule has 1 heterocycles. The van der Waals surface area contributed by atoms with Crippen molar-refractivity contribution in [1.82, 2.24) is 15.1 Å². The fraction of sp³-hybridized carbons (Fsp3) is 0.615. The van der Waals surface area contributed by atoms with Crippen LogP contribution in [-0.4, -0.2) is 27.6 Å². The van der Waals surface area contributed by atoms with E-state index in [1.165, 1.54) is 6.92 Å². The first kappa shape index (κ1) is 13.6. The zero-order chi connectivity index (χ0) is 13.8. The number of aryl methyl sites for hydroxylation is 1. The van der Waals surface area contributed by atoms with Gasteiger partial charge in [-0.2, -0.15) is 5.10 Å². The topological polar surface area (TPSA) is 76.0 Å². The van der Waals surface area contributed by atoms with E-state index >= 15 is 0 Å². The van der Waals surface area contributed by atoms with Crippen LogP contribution in [-0.2, 0) is 16.6 Å². The Bertz CT molecular complexity index is 463. The summed E-state index contributed by atoms with van der Waals surface area (Å²) in [6.45, 7) is 1.44. The average Bonchev–Trinajstić information content (AvgIpc) is 2.97. The Morgan fingerprint density at radius 3 is 2.63 bits per heavy atom. The lowest BCUT2D eigenvalue weighted by Crippen LogP contribution is -2.47. The zero-order valence-electron chi connectivity index (χ0n) is 11.3. The molecule has 0 saturated heterocycles. The van der Waals surface area contributed by atoms with Crippen LogP contribution in [0.4, 0.5) is 5.82 Å². The summed E-state index contributed by atoms with van der Waals surface area (Å²) in [5.41, 5.74) is 0. The first-order valence-corrected chi connectivity index (χ1v) is 6.64. The number of carbonyl (C=O) groups excluding carboxylic acids is 2. The van der Waals surface area contributed by atoms with Crippen LogP contribution in [0.2, 0.25) is 0 Å². The van der Waals surface area contributed by atoms with E-state index in [-0.39, 0.29) is 17.7 Å². The highest BCUT2D eigenvalue weighted by Gasteiger charge is 2.31. The number of amides is 2. The maximum absolute atomic E-state index is 12.3. The van der Waals surface area contributed by atoms with E-state index in [0.29, 0.717) is 5.82 Å². The van der Waals surface area contributed by atoms with Crippen molar-refractivity contribution in [3.05, 3.63) is 12.3 Å². The van der Waals surface area contributed by atoms with Crippen LogP contribution in [0.25, 0.3) is 0 Å². The molecule has 1 fully saturated rings. The molecule has 6 heteroatoms. The monoisotopic (exact) mass is 264 g/mol. The summed E-state index contributed by atoms with van der Waals surface area (Å²) in [7, 11) is 1.79. The van der Waals surface area contributed by atoms with Gasteiger partial charge in [-0.3, -0.25) is 14.3 Å². The van der Waals surface area contributed by atoms with Gasteiger partial charge in [0.05, 0.1) is 0 Å². The van der Waals surface area contributed by atoms with Crippen molar-refractivity contribution in [2.45, 2.75) is 38.6 Å². The summed E-state index contributed by atoms with van der Waals surface area (Å²) in [6.07, 6.45) is 5.98. The van der Waals surface area contributed by atoms with Gasteiger partial charge in [-0.1, -0.05) is 12.8 Å². The SMILES string of the molecule is CC(=O)NC(C(=O)Nc1ccn(C)n1)C1CCCC1. The third-order valence-corrected chi connectivity index (χ3v) is 3.48. The molecule has 1 aliphatic carbocycles. The molecule has 19 heavy (non-hydrogen) atoms. The number of carbonyl (C=O) groups is 2. The van der Waals surface area contributed by atoms with E-state index in [0.717, 1.165) is 25.7 Å². The molecule has 104 valence electrons. The summed E-state index contributed by atoms with van der Waals surface area (Å²) in [6, 6.07) is 1.28. The fourth-order valence-corrected chi connectivity index (χ4v) is 2.59. The first-order valence-electron chi connectivity index (χ1n) is 6.64. The highest BCUT2D eigenvalue weighted by molar-refractivity contribution is 5.96. The van der Waals surface area contributed by atoms with E-state index in [1.807, 2.05) is 0 Å². The van der Waals surface area contributed by atoms with Crippen molar-refractivity contribution in [2.75, 3.05) is 5.32 Å². The predicted octanol–water partition coefficient (Wildman–Crippen LogP) is 1.05. The number of aromatic nitrogens is 2. The maximum atomic E-state index is 12.3. The second-order valence-corrected chi connectivity index (χ2v) is 5.09. The predicted molar refractivity (Wildman–Crippen MR) is 71.4 cm³/mol. The van der Waals surface area contributed by atoms with Crippen molar-refractivity contribution in [3.8, 4) is 0 Å². The molecule has 2 rings (SSSR count). The molecule has 1 aromatic rings. The lowest BCUT2D eigenvalue weighted by atomic mass is 9.97. The van der Waals surface area contributed by atoms with Gasteiger partial charge in [0, 0.05) is 26.2 Å². The minimum absolute atomic E-state index is 0.173. The fourth-order valence-electron chi connectivity index (χ4n) is 2.59. The lowest BCUT2D eigenvalue weighted by molar-refractivity contribution is -0.126. The van der Waals surface area contributed by atoms with Crippen molar-refractivity contribution in [3.63, 3.8) is 0 Å². The Labute approximate surface area is 112 Å².